The number of rotatable bonds is 3. The van der Waals surface area contributed by atoms with E-state index in [-0.39, 0.29) is 5.56 Å². The first-order chi connectivity index (χ1) is 12.2. The number of benzene rings is 3. The van der Waals surface area contributed by atoms with Crippen molar-refractivity contribution in [1.82, 2.24) is 9.55 Å². The molecule has 0 aliphatic heterocycles. The topological polar surface area (TPSA) is 34.9 Å². The lowest BCUT2D eigenvalue weighted by atomic mass is 10.1. The Hall–Kier alpha value is -3.20. The Balaban J connectivity index is 1.99. The molecule has 0 N–H and O–H groups in total. The van der Waals surface area contributed by atoms with Crippen molar-refractivity contribution in [2.24, 2.45) is 0 Å². The maximum Gasteiger partial charge on any atom is 0.261 e. The first-order valence-corrected chi connectivity index (χ1v) is 8.33. The third-order valence-electron chi connectivity index (χ3n) is 4.48. The van der Waals surface area contributed by atoms with Gasteiger partial charge in [-0.1, -0.05) is 66.7 Å². The summed E-state index contributed by atoms with van der Waals surface area (Å²) in [4.78, 5) is 18.0. The molecule has 0 unspecified atom stereocenters. The van der Waals surface area contributed by atoms with Crippen molar-refractivity contribution in [3.63, 3.8) is 0 Å². The summed E-state index contributed by atoms with van der Waals surface area (Å²) in [5.74, 6) is 0.701. The minimum absolute atomic E-state index is 0.00675. The fourth-order valence-electron chi connectivity index (χ4n) is 3.08. The largest absolute Gasteiger partial charge is 0.288 e. The van der Waals surface area contributed by atoms with Crippen LogP contribution < -0.4 is 5.56 Å². The second kappa shape index (κ2) is 6.36. The van der Waals surface area contributed by atoms with E-state index < -0.39 is 0 Å². The van der Waals surface area contributed by atoms with E-state index in [2.05, 4.69) is 19.1 Å². The third-order valence-corrected chi connectivity index (χ3v) is 4.48. The number of fused-ring (bicyclic) bond motifs is 1. The number of aryl methyl sites for hydroxylation is 1. The molecule has 0 radical (unpaired) electrons. The van der Waals surface area contributed by atoms with Crippen LogP contribution in [0.3, 0.4) is 0 Å². The van der Waals surface area contributed by atoms with Gasteiger partial charge in [0.05, 0.1) is 17.4 Å². The lowest BCUT2D eigenvalue weighted by molar-refractivity contribution is 0.755. The third kappa shape index (κ3) is 2.85. The van der Waals surface area contributed by atoms with Crippen LogP contribution in [0.5, 0.6) is 0 Å². The van der Waals surface area contributed by atoms with Gasteiger partial charge in [-0.3, -0.25) is 9.36 Å². The zero-order chi connectivity index (χ0) is 17.2. The number of hydrogen-bond donors (Lipinski definition) is 0. The first-order valence-electron chi connectivity index (χ1n) is 8.33. The number of para-hydroxylation sites is 1. The quantitative estimate of drug-likeness (QED) is 0.558. The number of nitrogens with zero attached hydrogens (tertiary/aromatic N) is 2. The van der Waals surface area contributed by atoms with Gasteiger partial charge >= 0.3 is 0 Å². The van der Waals surface area contributed by atoms with E-state index in [4.69, 9.17) is 4.98 Å². The molecule has 0 saturated carbocycles. The molecular formula is C22H18N2O. The van der Waals surface area contributed by atoms with Crippen molar-refractivity contribution in [3.8, 4) is 11.4 Å². The molecule has 0 atom stereocenters. The molecule has 25 heavy (non-hydrogen) atoms. The number of hydrogen-bond acceptors (Lipinski definition) is 2. The van der Waals surface area contributed by atoms with Crippen LogP contribution in [0, 0.1) is 6.92 Å². The Bertz CT molecular complexity index is 1100. The number of aromatic nitrogens is 2. The molecule has 0 amide bonds. The molecule has 0 aliphatic rings. The molecule has 0 saturated heterocycles. The van der Waals surface area contributed by atoms with Crippen molar-refractivity contribution < 1.29 is 0 Å². The highest BCUT2D eigenvalue weighted by atomic mass is 16.1. The van der Waals surface area contributed by atoms with E-state index in [1.807, 2.05) is 66.7 Å². The summed E-state index contributed by atoms with van der Waals surface area (Å²) >= 11 is 0. The smallest absolute Gasteiger partial charge is 0.261 e. The highest BCUT2D eigenvalue weighted by Gasteiger charge is 2.13. The van der Waals surface area contributed by atoms with Crippen LogP contribution in [0.25, 0.3) is 22.3 Å². The van der Waals surface area contributed by atoms with E-state index in [1.165, 1.54) is 5.56 Å². The zero-order valence-electron chi connectivity index (χ0n) is 14.0. The average molecular weight is 326 g/mol. The maximum absolute atomic E-state index is 13.2. The lowest BCUT2D eigenvalue weighted by Gasteiger charge is -2.15. The molecule has 3 heteroatoms. The predicted octanol–water partition coefficient (Wildman–Crippen LogP) is 4.42. The summed E-state index contributed by atoms with van der Waals surface area (Å²) in [5, 5.41) is 0.649. The molecule has 122 valence electrons. The predicted molar refractivity (Wildman–Crippen MR) is 102 cm³/mol. The van der Waals surface area contributed by atoms with Crippen LogP contribution >= 0.6 is 0 Å². The normalized spacial score (nSPS) is 10.9. The first kappa shape index (κ1) is 15.3. The summed E-state index contributed by atoms with van der Waals surface area (Å²) in [6, 6.07) is 25.6. The molecule has 0 bridgehead atoms. The van der Waals surface area contributed by atoms with E-state index in [0.29, 0.717) is 17.8 Å². The highest BCUT2D eigenvalue weighted by molar-refractivity contribution is 5.79. The van der Waals surface area contributed by atoms with Gasteiger partial charge in [0.25, 0.3) is 5.56 Å². The molecule has 1 heterocycles. The van der Waals surface area contributed by atoms with Crippen molar-refractivity contribution >= 4 is 10.9 Å². The molecule has 4 aromatic rings. The van der Waals surface area contributed by atoms with Crippen molar-refractivity contribution in [2.45, 2.75) is 13.5 Å². The van der Waals surface area contributed by atoms with Crippen molar-refractivity contribution in [2.75, 3.05) is 0 Å². The second-order valence-corrected chi connectivity index (χ2v) is 6.14. The van der Waals surface area contributed by atoms with E-state index in [1.54, 1.807) is 4.57 Å². The van der Waals surface area contributed by atoms with E-state index in [0.717, 1.165) is 16.6 Å². The molecule has 1 aromatic heterocycles. The van der Waals surface area contributed by atoms with Crippen LogP contribution in [0.4, 0.5) is 0 Å². The Morgan fingerprint density at radius 1 is 0.840 bits per heavy atom. The summed E-state index contributed by atoms with van der Waals surface area (Å²) in [7, 11) is 0. The van der Waals surface area contributed by atoms with Crippen LogP contribution in [0.1, 0.15) is 11.1 Å². The Labute approximate surface area is 146 Å². The van der Waals surface area contributed by atoms with Gasteiger partial charge < -0.3 is 0 Å². The van der Waals surface area contributed by atoms with Crippen LogP contribution in [-0.4, -0.2) is 9.55 Å². The maximum atomic E-state index is 13.2. The molecule has 0 spiro atoms. The fourth-order valence-corrected chi connectivity index (χ4v) is 3.08. The van der Waals surface area contributed by atoms with Gasteiger partial charge in [-0.05, 0) is 30.2 Å². The van der Waals surface area contributed by atoms with Gasteiger partial charge in [0.2, 0.25) is 0 Å². The summed E-state index contributed by atoms with van der Waals surface area (Å²) in [5.41, 5.74) is 3.96. The molecule has 0 aliphatic carbocycles. The lowest BCUT2D eigenvalue weighted by Crippen LogP contribution is -2.24. The van der Waals surface area contributed by atoms with Gasteiger partial charge in [0, 0.05) is 5.56 Å². The Morgan fingerprint density at radius 3 is 2.32 bits per heavy atom. The van der Waals surface area contributed by atoms with Crippen LogP contribution in [0.2, 0.25) is 0 Å². The molecule has 3 nitrogen and oxygen atoms in total. The average Bonchev–Trinajstić information content (AvgIpc) is 2.66. The fraction of sp³-hybridized carbons (Fsp3) is 0.0909. The van der Waals surface area contributed by atoms with Crippen molar-refractivity contribution in [3.05, 3.63) is 100 Å². The molecule has 0 fully saturated rings. The molecule has 3 aromatic carbocycles. The minimum Gasteiger partial charge on any atom is -0.288 e. The molecule has 4 rings (SSSR count). The Kier molecular flexibility index (Phi) is 3.90. The van der Waals surface area contributed by atoms with Crippen molar-refractivity contribution in [1.29, 1.82) is 0 Å². The minimum atomic E-state index is -0.00675. The second-order valence-electron chi connectivity index (χ2n) is 6.14. The standard InChI is InChI=1S/C22H18N2O/c1-16-9-5-6-12-18(16)15-24-21(17-10-3-2-4-11-17)23-20-14-8-7-13-19(20)22(24)25/h2-14H,15H2,1H3. The SMILES string of the molecule is Cc1ccccc1Cn1c(-c2ccccc2)nc2ccccc2c1=O. The summed E-state index contributed by atoms with van der Waals surface area (Å²) in [6.45, 7) is 2.57. The summed E-state index contributed by atoms with van der Waals surface area (Å²) in [6.07, 6.45) is 0. The van der Waals surface area contributed by atoms with Gasteiger partial charge in [0.15, 0.2) is 0 Å². The summed E-state index contributed by atoms with van der Waals surface area (Å²) < 4.78 is 1.78. The Morgan fingerprint density at radius 2 is 1.52 bits per heavy atom. The van der Waals surface area contributed by atoms with E-state index >= 15 is 0 Å². The van der Waals surface area contributed by atoms with E-state index in [9.17, 15) is 4.79 Å². The highest BCUT2D eigenvalue weighted by Crippen LogP contribution is 2.20. The zero-order valence-corrected chi connectivity index (χ0v) is 14.0. The van der Waals surface area contributed by atoms with Gasteiger partial charge in [-0.25, -0.2) is 4.98 Å². The monoisotopic (exact) mass is 326 g/mol. The molecular weight excluding hydrogens is 308 g/mol. The van der Waals surface area contributed by atoms with Gasteiger partial charge in [0.1, 0.15) is 5.82 Å². The van der Waals surface area contributed by atoms with Crippen LogP contribution in [-0.2, 0) is 6.54 Å². The van der Waals surface area contributed by atoms with Gasteiger partial charge in [-0.15, -0.1) is 0 Å². The van der Waals surface area contributed by atoms with Gasteiger partial charge in [-0.2, -0.15) is 0 Å². The van der Waals surface area contributed by atoms with Crippen LogP contribution in [0.15, 0.2) is 83.7 Å².